The first-order chi connectivity index (χ1) is 9.15. The van der Waals surface area contributed by atoms with Crippen LogP contribution in [0.5, 0.6) is 0 Å². The van der Waals surface area contributed by atoms with E-state index in [-0.39, 0.29) is 6.04 Å². The van der Waals surface area contributed by atoms with Gasteiger partial charge < -0.3 is 5.73 Å². The molecule has 2 N–H and O–H groups in total. The minimum atomic E-state index is 0.194. The zero-order valence-electron chi connectivity index (χ0n) is 11.4. The van der Waals surface area contributed by atoms with Crippen LogP contribution in [-0.4, -0.2) is 6.04 Å². The molecule has 1 fully saturated rings. The van der Waals surface area contributed by atoms with Gasteiger partial charge in [0.2, 0.25) is 0 Å². The molecule has 0 aliphatic heterocycles. The predicted octanol–water partition coefficient (Wildman–Crippen LogP) is 5.22. The Kier molecular flexibility index (Phi) is 6.00. The Hall–Kier alpha value is -0.240. The highest BCUT2D eigenvalue weighted by Crippen LogP contribution is 2.28. The minimum absolute atomic E-state index is 0.194. The van der Waals surface area contributed by atoms with Gasteiger partial charge in [-0.2, -0.15) is 0 Å². The summed E-state index contributed by atoms with van der Waals surface area (Å²) in [6, 6.07) is 5.82. The zero-order chi connectivity index (χ0) is 13.7. The summed E-state index contributed by atoms with van der Waals surface area (Å²) in [6.45, 7) is 0. The predicted molar refractivity (Wildman–Crippen MR) is 84.0 cm³/mol. The molecule has 0 radical (unpaired) electrons. The van der Waals surface area contributed by atoms with E-state index in [1.807, 2.05) is 18.2 Å². The van der Waals surface area contributed by atoms with Crippen LogP contribution in [0.1, 0.15) is 50.5 Å². The molecule has 1 saturated carbocycles. The van der Waals surface area contributed by atoms with E-state index in [1.165, 1.54) is 38.5 Å². The molecule has 0 amide bonds. The van der Waals surface area contributed by atoms with E-state index in [4.69, 9.17) is 28.9 Å². The lowest BCUT2D eigenvalue weighted by molar-refractivity contribution is 0.387. The third-order valence-corrected chi connectivity index (χ3v) is 4.70. The number of hydrogen-bond acceptors (Lipinski definition) is 1. The topological polar surface area (TPSA) is 26.0 Å². The summed E-state index contributed by atoms with van der Waals surface area (Å²) in [4.78, 5) is 0. The smallest absolute Gasteiger partial charge is 0.0439 e. The van der Waals surface area contributed by atoms with E-state index in [0.29, 0.717) is 0 Å². The Bertz CT molecular complexity index is 398. The van der Waals surface area contributed by atoms with E-state index in [1.54, 1.807) is 0 Å². The van der Waals surface area contributed by atoms with Gasteiger partial charge in [-0.3, -0.25) is 0 Å². The first-order valence-electron chi connectivity index (χ1n) is 7.34. The van der Waals surface area contributed by atoms with Gasteiger partial charge in [-0.05, 0) is 42.5 Å². The molecule has 0 heterocycles. The van der Waals surface area contributed by atoms with Crippen molar-refractivity contribution >= 4 is 23.2 Å². The quantitative estimate of drug-likeness (QED) is 0.758. The summed E-state index contributed by atoms with van der Waals surface area (Å²) in [5.41, 5.74) is 7.38. The van der Waals surface area contributed by atoms with E-state index < -0.39 is 0 Å². The Balaban J connectivity index is 1.89. The van der Waals surface area contributed by atoms with Gasteiger partial charge in [0.05, 0.1) is 0 Å². The molecule has 0 saturated heterocycles. The van der Waals surface area contributed by atoms with Crippen molar-refractivity contribution in [1.82, 2.24) is 0 Å². The van der Waals surface area contributed by atoms with Crippen molar-refractivity contribution in [3.05, 3.63) is 33.8 Å². The molecule has 3 heteroatoms. The minimum Gasteiger partial charge on any atom is -0.327 e. The monoisotopic (exact) mass is 299 g/mol. The van der Waals surface area contributed by atoms with Crippen molar-refractivity contribution in [3.8, 4) is 0 Å². The average Bonchev–Trinajstić information content (AvgIpc) is 2.62. The maximum Gasteiger partial charge on any atom is 0.0439 e. The molecular weight excluding hydrogens is 277 g/mol. The average molecular weight is 300 g/mol. The Morgan fingerprint density at radius 3 is 2.47 bits per heavy atom. The van der Waals surface area contributed by atoms with Gasteiger partial charge in [-0.15, -0.1) is 0 Å². The molecular formula is C16H23Cl2N. The second-order valence-electron chi connectivity index (χ2n) is 5.79. The van der Waals surface area contributed by atoms with Gasteiger partial charge in [-0.1, -0.05) is 61.7 Å². The number of benzene rings is 1. The van der Waals surface area contributed by atoms with Gasteiger partial charge in [0.15, 0.2) is 0 Å². The van der Waals surface area contributed by atoms with Crippen LogP contribution < -0.4 is 5.73 Å². The number of hydrogen-bond donors (Lipinski definition) is 1. The molecule has 1 atom stereocenters. The van der Waals surface area contributed by atoms with Gasteiger partial charge in [0, 0.05) is 16.1 Å². The summed E-state index contributed by atoms with van der Waals surface area (Å²) in [5, 5.41) is 1.52. The summed E-state index contributed by atoms with van der Waals surface area (Å²) in [6.07, 6.45) is 10.2. The van der Waals surface area contributed by atoms with E-state index in [0.717, 1.165) is 34.4 Å². The van der Waals surface area contributed by atoms with Crippen LogP contribution >= 0.6 is 23.2 Å². The van der Waals surface area contributed by atoms with Crippen LogP contribution in [-0.2, 0) is 6.42 Å². The molecule has 0 bridgehead atoms. The van der Waals surface area contributed by atoms with Crippen molar-refractivity contribution in [2.45, 2.75) is 57.4 Å². The highest BCUT2D eigenvalue weighted by molar-refractivity contribution is 6.33. The number of nitrogens with two attached hydrogens (primary N) is 1. The van der Waals surface area contributed by atoms with Crippen LogP contribution in [0.3, 0.4) is 0 Å². The van der Waals surface area contributed by atoms with Gasteiger partial charge in [0.1, 0.15) is 0 Å². The summed E-state index contributed by atoms with van der Waals surface area (Å²) < 4.78 is 0. The fourth-order valence-electron chi connectivity index (χ4n) is 3.09. The van der Waals surface area contributed by atoms with E-state index in [2.05, 4.69) is 0 Å². The van der Waals surface area contributed by atoms with Gasteiger partial charge in [0.25, 0.3) is 0 Å². The van der Waals surface area contributed by atoms with Crippen molar-refractivity contribution in [3.63, 3.8) is 0 Å². The van der Waals surface area contributed by atoms with Crippen LogP contribution in [0, 0.1) is 5.92 Å². The normalized spacial score (nSPS) is 19.1. The van der Waals surface area contributed by atoms with Crippen molar-refractivity contribution in [2.24, 2.45) is 11.7 Å². The summed E-state index contributed by atoms with van der Waals surface area (Å²) in [5.74, 6) is 0.801. The van der Waals surface area contributed by atoms with Crippen molar-refractivity contribution < 1.29 is 0 Å². The third-order valence-electron chi connectivity index (χ3n) is 4.10. The highest BCUT2D eigenvalue weighted by Gasteiger charge is 2.17. The molecule has 1 unspecified atom stereocenters. The molecule has 19 heavy (non-hydrogen) atoms. The zero-order valence-corrected chi connectivity index (χ0v) is 12.9. The van der Waals surface area contributed by atoms with Crippen molar-refractivity contribution in [2.75, 3.05) is 0 Å². The first kappa shape index (κ1) is 15.2. The Labute approximate surface area is 126 Å². The molecule has 0 aromatic heterocycles. The van der Waals surface area contributed by atoms with Crippen LogP contribution in [0.4, 0.5) is 0 Å². The summed E-state index contributed by atoms with van der Waals surface area (Å²) >= 11 is 12.2. The maximum absolute atomic E-state index is 6.30. The number of halogens is 2. The molecule has 1 aromatic rings. The molecule has 1 aliphatic rings. The molecule has 0 spiro atoms. The SMILES string of the molecule is NC(Cc1cc(Cl)ccc1Cl)CC1CCCCCC1. The lowest BCUT2D eigenvalue weighted by atomic mass is 9.90. The standard InChI is InChI=1S/C16H23Cl2N/c17-14-7-8-16(18)13(10-14)11-15(19)9-12-5-3-1-2-4-6-12/h7-8,10,12,15H,1-6,9,11,19H2. The lowest BCUT2D eigenvalue weighted by Crippen LogP contribution is -2.26. The second-order valence-corrected chi connectivity index (χ2v) is 6.64. The third kappa shape index (κ3) is 4.98. The van der Waals surface area contributed by atoms with Crippen LogP contribution in [0.2, 0.25) is 10.0 Å². The fourth-order valence-corrected chi connectivity index (χ4v) is 3.48. The molecule has 1 aromatic carbocycles. The van der Waals surface area contributed by atoms with E-state index in [9.17, 15) is 0 Å². The Morgan fingerprint density at radius 1 is 1.11 bits per heavy atom. The highest BCUT2D eigenvalue weighted by atomic mass is 35.5. The molecule has 2 rings (SSSR count). The number of rotatable bonds is 4. The second kappa shape index (κ2) is 7.52. The fraction of sp³-hybridized carbons (Fsp3) is 0.625. The maximum atomic E-state index is 6.30. The molecule has 1 nitrogen and oxygen atoms in total. The summed E-state index contributed by atoms with van der Waals surface area (Å²) in [7, 11) is 0. The largest absolute Gasteiger partial charge is 0.327 e. The van der Waals surface area contributed by atoms with Crippen LogP contribution in [0.15, 0.2) is 18.2 Å². The Morgan fingerprint density at radius 2 is 1.79 bits per heavy atom. The van der Waals surface area contributed by atoms with E-state index >= 15 is 0 Å². The van der Waals surface area contributed by atoms with Crippen LogP contribution in [0.25, 0.3) is 0 Å². The molecule has 106 valence electrons. The first-order valence-corrected chi connectivity index (χ1v) is 8.10. The van der Waals surface area contributed by atoms with Gasteiger partial charge in [-0.25, -0.2) is 0 Å². The lowest BCUT2D eigenvalue weighted by Gasteiger charge is -2.20. The molecule has 1 aliphatic carbocycles. The van der Waals surface area contributed by atoms with Crippen molar-refractivity contribution in [1.29, 1.82) is 0 Å². The van der Waals surface area contributed by atoms with Gasteiger partial charge >= 0.3 is 0 Å².